The molecular formula is C22H38CaO6. The van der Waals surface area contributed by atoms with E-state index in [9.17, 15) is 24.6 Å². The molecule has 0 atom stereocenters. The van der Waals surface area contributed by atoms with Crippen LogP contribution in [0.4, 0.5) is 0 Å². The summed E-state index contributed by atoms with van der Waals surface area (Å²) < 4.78 is 0. The van der Waals surface area contributed by atoms with Crippen molar-refractivity contribution in [1.29, 1.82) is 0 Å². The molecule has 0 aliphatic carbocycles. The zero-order valence-corrected chi connectivity index (χ0v) is 20.4. The first-order chi connectivity index (χ1) is 13.4. The first kappa shape index (κ1) is 33.1. The maximum atomic E-state index is 10.3. The minimum Gasteiger partial charge on any atom is -0.545 e. The van der Waals surface area contributed by atoms with Gasteiger partial charge in [-0.25, -0.2) is 0 Å². The monoisotopic (exact) mass is 438 g/mol. The molecule has 0 saturated heterocycles. The molecule has 7 heteroatoms. The molecule has 0 aromatic rings. The standard InChI is InChI=1S/C18H36O2.C4H4O4.Ca/c1-2-3-4-5-6-7-8-9-10-11-12-13-14-15-16-17-18(19)20;5-3(6)1-2-4(7)8;/h2-17H2,1H3,(H,19,20);1-2H,(H,5,6)(H,7,8);/q;;+2/p-2. The first-order valence-electron chi connectivity index (χ1n) is 10.7. The Hall–Kier alpha value is -0.590. The molecular weight excluding hydrogens is 400 g/mol. The van der Waals surface area contributed by atoms with Crippen LogP contribution >= 0.6 is 0 Å². The van der Waals surface area contributed by atoms with Gasteiger partial charge in [0.1, 0.15) is 0 Å². The fourth-order valence-corrected chi connectivity index (χ4v) is 2.78. The number of carboxylic acid groups (broad SMARTS) is 3. The van der Waals surface area contributed by atoms with Gasteiger partial charge in [0.15, 0.2) is 0 Å². The van der Waals surface area contributed by atoms with Crippen LogP contribution in [0.3, 0.4) is 0 Å². The van der Waals surface area contributed by atoms with Gasteiger partial charge in [0.25, 0.3) is 0 Å². The second-order valence-corrected chi connectivity index (χ2v) is 7.06. The summed E-state index contributed by atoms with van der Waals surface area (Å²) in [4.78, 5) is 29.2. The molecule has 0 bridgehead atoms. The Morgan fingerprint density at radius 1 is 0.621 bits per heavy atom. The van der Waals surface area contributed by atoms with Crippen molar-refractivity contribution < 1.29 is 29.7 Å². The second kappa shape index (κ2) is 27.4. The van der Waals surface area contributed by atoms with Crippen molar-refractivity contribution in [2.24, 2.45) is 0 Å². The van der Waals surface area contributed by atoms with E-state index in [1.54, 1.807) is 0 Å². The van der Waals surface area contributed by atoms with Crippen LogP contribution in [-0.4, -0.2) is 60.8 Å². The Balaban J connectivity index is -0.000000636. The molecule has 0 heterocycles. The van der Waals surface area contributed by atoms with E-state index in [1.165, 1.54) is 83.5 Å². The molecule has 0 amide bonds. The second-order valence-electron chi connectivity index (χ2n) is 7.06. The number of rotatable bonds is 18. The van der Waals surface area contributed by atoms with Crippen LogP contribution in [0.15, 0.2) is 12.2 Å². The molecule has 0 aliphatic heterocycles. The maximum absolute atomic E-state index is 10.3. The van der Waals surface area contributed by atoms with E-state index in [0.29, 0.717) is 18.6 Å². The van der Waals surface area contributed by atoms with Crippen LogP contribution in [0.5, 0.6) is 0 Å². The van der Waals surface area contributed by atoms with Crippen LogP contribution in [0.1, 0.15) is 110 Å². The molecule has 0 spiro atoms. The van der Waals surface area contributed by atoms with Gasteiger partial charge in [0.05, 0.1) is 11.9 Å². The Labute approximate surface area is 206 Å². The molecule has 164 valence electrons. The van der Waals surface area contributed by atoms with E-state index in [2.05, 4.69) is 6.92 Å². The van der Waals surface area contributed by atoms with Gasteiger partial charge in [-0.3, -0.25) is 4.79 Å². The van der Waals surface area contributed by atoms with Crippen molar-refractivity contribution in [2.45, 2.75) is 110 Å². The van der Waals surface area contributed by atoms with Gasteiger partial charge < -0.3 is 24.9 Å². The molecule has 0 unspecified atom stereocenters. The normalized spacial score (nSPS) is 10.1. The van der Waals surface area contributed by atoms with Gasteiger partial charge in [-0.05, 0) is 18.6 Å². The van der Waals surface area contributed by atoms with Crippen LogP contribution in [-0.2, 0) is 14.4 Å². The van der Waals surface area contributed by atoms with Crippen molar-refractivity contribution in [2.75, 3.05) is 0 Å². The number of carboxylic acids is 3. The molecule has 0 rings (SSSR count). The summed E-state index contributed by atoms with van der Waals surface area (Å²) in [6, 6.07) is 0. The molecule has 0 saturated carbocycles. The minimum atomic E-state index is -1.55. The number of unbranched alkanes of at least 4 members (excludes halogenated alkanes) is 14. The van der Waals surface area contributed by atoms with E-state index in [1.807, 2.05) is 0 Å². The van der Waals surface area contributed by atoms with E-state index in [-0.39, 0.29) is 37.7 Å². The smallest absolute Gasteiger partial charge is 0.545 e. The van der Waals surface area contributed by atoms with E-state index in [0.717, 1.165) is 12.8 Å². The van der Waals surface area contributed by atoms with Gasteiger partial charge in [-0.1, -0.05) is 96.8 Å². The predicted molar refractivity (Wildman–Crippen MR) is 112 cm³/mol. The van der Waals surface area contributed by atoms with Crippen LogP contribution in [0.25, 0.3) is 0 Å². The minimum absolute atomic E-state index is 0. The number of aliphatic carboxylic acids is 3. The summed E-state index contributed by atoms with van der Waals surface area (Å²) in [7, 11) is 0. The zero-order valence-electron chi connectivity index (χ0n) is 18.2. The third kappa shape index (κ3) is 38.6. The zero-order chi connectivity index (χ0) is 21.5. The maximum Gasteiger partial charge on any atom is 2.00 e. The van der Waals surface area contributed by atoms with Crippen LogP contribution in [0, 0.1) is 0 Å². The van der Waals surface area contributed by atoms with Gasteiger partial charge >= 0.3 is 43.7 Å². The topological polar surface area (TPSA) is 118 Å². The van der Waals surface area contributed by atoms with Crippen molar-refractivity contribution in [3.8, 4) is 0 Å². The SMILES string of the molecule is CCCCCCCCCCCCCCCCCC(=O)O.O=C([O-])C=CC(=O)[O-].[Ca+2]. The van der Waals surface area contributed by atoms with Gasteiger partial charge in [-0.2, -0.15) is 0 Å². The van der Waals surface area contributed by atoms with Gasteiger partial charge in [-0.15, -0.1) is 0 Å². The summed E-state index contributed by atoms with van der Waals surface area (Å²) in [6.45, 7) is 2.27. The summed E-state index contributed by atoms with van der Waals surface area (Å²) in [5, 5.41) is 27.3. The number of carbonyl (C=O) groups excluding carboxylic acids is 2. The van der Waals surface area contributed by atoms with Crippen LogP contribution in [0.2, 0.25) is 0 Å². The van der Waals surface area contributed by atoms with Crippen molar-refractivity contribution in [3.05, 3.63) is 12.2 Å². The Bertz CT molecular complexity index is 408. The third-order valence-electron chi connectivity index (χ3n) is 4.35. The third-order valence-corrected chi connectivity index (χ3v) is 4.35. The fraction of sp³-hybridized carbons (Fsp3) is 0.773. The molecule has 0 aliphatic rings. The first-order valence-corrected chi connectivity index (χ1v) is 10.7. The number of hydrogen-bond donors (Lipinski definition) is 1. The Kier molecular flexibility index (Phi) is 31.2. The summed E-state index contributed by atoms with van der Waals surface area (Å²) >= 11 is 0. The molecule has 6 nitrogen and oxygen atoms in total. The summed E-state index contributed by atoms with van der Waals surface area (Å²) in [6.07, 6.45) is 21.0. The number of carbonyl (C=O) groups is 3. The Morgan fingerprint density at radius 3 is 1.14 bits per heavy atom. The van der Waals surface area contributed by atoms with E-state index < -0.39 is 17.9 Å². The van der Waals surface area contributed by atoms with Gasteiger partial charge in [0, 0.05) is 6.42 Å². The summed E-state index contributed by atoms with van der Waals surface area (Å²) in [5.74, 6) is -3.75. The van der Waals surface area contributed by atoms with E-state index in [4.69, 9.17) is 5.11 Å². The van der Waals surface area contributed by atoms with Crippen molar-refractivity contribution in [1.82, 2.24) is 0 Å². The molecule has 1 N–H and O–H groups in total. The van der Waals surface area contributed by atoms with Crippen molar-refractivity contribution in [3.63, 3.8) is 0 Å². The molecule has 29 heavy (non-hydrogen) atoms. The summed E-state index contributed by atoms with van der Waals surface area (Å²) in [5.41, 5.74) is 0. The predicted octanol–water partition coefficient (Wildman–Crippen LogP) is 2.99. The van der Waals surface area contributed by atoms with Crippen LogP contribution < -0.4 is 10.2 Å². The average molecular weight is 439 g/mol. The molecule has 0 aromatic carbocycles. The largest absolute Gasteiger partial charge is 2.00 e. The Morgan fingerprint density at radius 2 is 0.897 bits per heavy atom. The molecule has 0 fully saturated rings. The number of hydrogen-bond acceptors (Lipinski definition) is 5. The molecule has 0 radical (unpaired) electrons. The molecule has 0 aromatic heterocycles. The average Bonchev–Trinajstić information content (AvgIpc) is 2.63. The van der Waals surface area contributed by atoms with Gasteiger partial charge in [0.2, 0.25) is 0 Å². The fourth-order valence-electron chi connectivity index (χ4n) is 2.78. The van der Waals surface area contributed by atoms with E-state index >= 15 is 0 Å². The van der Waals surface area contributed by atoms with Crippen molar-refractivity contribution >= 4 is 55.6 Å². The quantitative estimate of drug-likeness (QED) is 0.200.